The van der Waals surface area contributed by atoms with Crippen molar-refractivity contribution in [2.45, 2.75) is 19.5 Å². The quantitative estimate of drug-likeness (QED) is 0.781. The van der Waals surface area contributed by atoms with Crippen LogP contribution >= 0.6 is 11.6 Å². The summed E-state index contributed by atoms with van der Waals surface area (Å²) in [7, 11) is 0. The first-order chi connectivity index (χ1) is 7.23. The molecular formula is C11H10ClF3O. The van der Waals surface area contributed by atoms with E-state index in [1.54, 1.807) is 6.92 Å². The monoisotopic (exact) mass is 250 g/mol. The molecule has 1 aromatic rings. The molecule has 1 N–H and O–H groups in total. The zero-order valence-electron chi connectivity index (χ0n) is 8.53. The Bertz CT molecular complexity index is 424. The summed E-state index contributed by atoms with van der Waals surface area (Å²) in [5, 5.41) is 9.00. The average Bonchev–Trinajstić information content (AvgIpc) is 2.07. The lowest BCUT2D eigenvalue weighted by Gasteiger charge is -2.14. The molecule has 0 fully saturated rings. The molecule has 1 aromatic carbocycles. The number of phenolic OH excluding ortho intramolecular Hbond substituents is 1. The third-order valence-corrected chi connectivity index (χ3v) is 2.30. The van der Waals surface area contributed by atoms with Gasteiger partial charge < -0.3 is 5.11 Å². The molecule has 0 heterocycles. The zero-order valence-corrected chi connectivity index (χ0v) is 9.28. The first-order valence-electron chi connectivity index (χ1n) is 4.45. The molecule has 0 saturated carbocycles. The fraction of sp³-hybridized carbons (Fsp3) is 0.273. The van der Waals surface area contributed by atoms with Crippen LogP contribution in [-0.2, 0) is 12.6 Å². The Morgan fingerprint density at radius 3 is 2.44 bits per heavy atom. The summed E-state index contributed by atoms with van der Waals surface area (Å²) < 4.78 is 37.7. The molecule has 0 aliphatic rings. The highest BCUT2D eigenvalue weighted by Gasteiger charge is 2.37. The zero-order chi connectivity index (χ0) is 12.5. The minimum Gasteiger partial charge on any atom is -0.507 e. The maximum atomic E-state index is 12.6. The summed E-state index contributed by atoms with van der Waals surface area (Å²) in [5.41, 5.74) is -0.358. The van der Waals surface area contributed by atoms with Crippen molar-refractivity contribution in [1.29, 1.82) is 0 Å². The van der Waals surface area contributed by atoms with Crippen molar-refractivity contribution in [3.63, 3.8) is 0 Å². The van der Waals surface area contributed by atoms with Crippen LogP contribution < -0.4 is 0 Å². The largest absolute Gasteiger partial charge is 0.507 e. The molecule has 0 atom stereocenters. The molecule has 16 heavy (non-hydrogen) atoms. The Morgan fingerprint density at radius 2 is 2.00 bits per heavy atom. The number of alkyl halides is 3. The van der Waals surface area contributed by atoms with Crippen molar-refractivity contribution < 1.29 is 18.3 Å². The van der Waals surface area contributed by atoms with E-state index in [9.17, 15) is 18.3 Å². The minimum atomic E-state index is -4.66. The van der Waals surface area contributed by atoms with E-state index in [0.29, 0.717) is 5.57 Å². The molecule has 0 aliphatic carbocycles. The SMILES string of the molecule is C=C(C)Cc1ccc(Cl)c(C(F)(F)F)c1O. The third kappa shape index (κ3) is 2.70. The topological polar surface area (TPSA) is 20.2 Å². The number of allylic oxidation sites excluding steroid dienone is 1. The second-order valence-electron chi connectivity index (χ2n) is 3.56. The van der Waals surface area contributed by atoms with Crippen molar-refractivity contribution in [1.82, 2.24) is 0 Å². The highest BCUT2D eigenvalue weighted by Crippen LogP contribution is 2.42. The third-order valence-electron chi connectivity index (χ3n) is 1.99. The number of halogens is 4. The van der Waals surface area contributed by atoms with E-state index < -0.39 is 22.5 Å². The number of rotatable bonds is 2. The molecule has 0 aromatic heterocycles. The molecule has 1 nitrogen and oxygen atoms in total. The Kier molecular flexibility index (Phi) is 3.53. The van der Waals surface area contributed by atoms with Crippen molar-refractivity contribution >= 4 is 11.6 Å². The number of aromatic hydroxyl groups is 1. The van der Waals surface area contributed by atoms with Crippen LogP contribution in [0.3, 0.4) is 0 Å². The Morgan fingerprint density at radius 1 is 1.44 bits per heavy atom. The van der Waals surface area contributed by atoms with Crippen molar-refractivity contribution in [3.8, 4) is 5.75 Å². The highest BCUT2D eigenvalue weighted by molar-refractivity contribution is 6.31. The Labute approximate surface area is 96.2 Å². The van der Waals surface area contributed by atoms with Crippen LogP contribution in [0.25, 0.3) is 0 Å². The second kappa shape index (κ2) is 4.37. The molecule has 0 radical (unpaired) electrons. The number of hydrogen-bond acceptors (Lipinski definition) is 1. The van der Waals surface area contributed by atoms with Gasteiger partial charge in [0.1, 0.15) is 11.3 Å². The standard InChI is InChI=1S/C11H10ClF3O/c1-6(2)5-7-3-4-8(12)9(10(7)16)11(13,14)15/h3-4,16H,1,5H2,2H3. The van der Waals surface area contributed by atoms with E-state index >= 15 is 0 Å². The fourth-order valence-electron chi connectivity index (χ4n) is 1.35. The summed E-state index contributed by atoms with van der Waals surface area (Å²) in [6.07, 6.45) is -4.47. The smallest absolute Gasteiger partial charge is 0.421 e. The van der Waals surface area contributed by atoms with Gasteiger partial charge in [0.25, 0.3) is 0 Å². The van der Waals surface area contributed by atoms with E-state index in [4.69, 9.17) is 11.6 Å². The first-order valence-corrected chi connectivity index (χ1v) is 4.83. The number of benzene rings is 1. The lowest BCUT2D eigenvalue weighted by Crippen LogP contribution is -2.07. The van der Waals surface area contributed by atoms with Crippen molar-refractivity contribution in [2.24, 2.45) is 0 Å². The maximum Gasteiger partial charge on any atom is 0.421 e. The van der Waals surface area contributed by atoms with Gasteiger partial charge in [-0.2, -0.15) is 13.2 Å². The van der Waals surface area contributed by atoms with Gasteiger partial charge >= 0.3 is 6.18 Å². The summed E-state index contributed by atoms with van der Waals surface area (Å²) in [6, 6.07) is 2.49. The van der Waals surface area contributed by atoms with Crippen LogP contribution in [-0.4, -0.2) is 5.11 Å². The van der Waals surface area contributed by atoms with Gasteiger partial charge in [0.05, 0.1) is 5.02 Å². The van der Waals surface area contributed by atoms with Gasteiger partial charge in [-0.25, -0.2) is 0 Å². The highest BCUT2D eigenvalue weighted by atomic mass is 35.5. The normalized spacial score (nSPS) is 11.6. The van der Waals surface area contributed by atoms with Gasteiger partial charge in [-0.3, -0.25) is 0 Å². The summed E-state index contributed by atoms with van der Waals surface area (Å²) in [6.45, 7) is 5.25. The number of phenols is 1. The molecule has 88 valence electrons. The summed E-state index contributed by atoms with van der Waals surface area (Å²) >= 11 is 5.42. The lowest BCUT2D eigenvalue weighted by atomic mass is 10.0. The predicted molar refractivity (Wildman–Crippen MR) is 56.6 cm³/mol. The fourth-order valence-corrected chi connectivity index (χ4v) is 1.61. The van der Waals surface area contributed by atoms with Crippen LogP contribution in [0.1, 0.15) is 18.1 Å². The molecule has 0 spiro atoms. The van der Waals surface area contributed by atoms with Crippen LogP contribution in [0, 0.1) is 0 Å². The molecule has 0 unspecified atom stereocenters. The lowest BCUT2D eigenvalue weighted by molar-refractivity contribution is -0.138. The molecule has 5 heteroatoms. The van der Waals surface area contributed by atoms with Gasteiger partial charge in [-0.05, 0) is 25.0 Å². The Hall–Kier alpha value is -1.16. The van der Waals surface area contributed by atoms with Crippen LogP contribution in [0.2, 0.25) is 5.02 Å². The van der Waals surface area contributed by atoms with Gasteiger partial charge in [0.2, 0.25) is 0 Å². The van der Waals surface area contributed by atoms with Gasteiger partial charge in [-0.15, -0.1) is 0 Å². The van der Waals surface area contributed by atoms with Gasteiger partial charge in [0, 0.05) is 0 Å². The Balaban J connectivity index is 3.33. The molecule has 0 bridgehead atoms. The molecule has 0 amide bonds. The van der Waals surface area contributed by atoms with Crippen LogP contribution in [0.4, 0.5) is 13.2 Å². The van der Waals surface area contributed by atoms with E-state index in [-0.39, 0.29) is 12.0 Å². The summed E-state index contributed by atoms with van der Waals surface area (Å²) in [4.78, 5) is 0. The van der Waals surface area contributed by atoms with E-state index in [2.05, 4.69) is 6.58 Å². The van der Waals surface area contributed by atoms with E-state index in [1.165, 1.54) is 6.07 Å². The van der Waals surface area contributed by atoms with Crippen LogP contribution in [0.15, 0.2) is 24.3 Å². The minimum absolute atomic E-state index is 0.171. The van der Waals surface area contributed by atoms with Crippen molar-refractivity contribution in [3.05, 3.63) is 40.4 Å². The first kappa shape index (κ1) is 12.9. The molecule has 0 saturated heterocycles. The summed E-state index contributed by atoms with van der Waals surface area (Å²) in [5.74, 6) is -0.817. The number of hydrogen-bond donors (Lipinski definition) is 1. The second-order valence-corrected chi connectivity index (χ2v) is 3.97. The average molecular weight is 251 g/mol. The van der Waals surface area contributed by atoms with Gasteiger partial charge in [-0.1, -0.05) is 29.8 Å². The van der Waals surface area contributed by atoms with Crippen molar-refractivity contribution in [2.75, 3.05) is 0 Å². The molecule has 0 aliphatic heterocycles. The maximum absolute atomic E-state index is 12.6. The van der Waals surface area contributed by atoms with Crippen LogP contribution in [0.5, 0.6) is 5.75 Å². The van der Waals surface area contributed by atoms with Gasteiger partial charge in [0.15, 0.2) is 0 Å². The molecule has 1 rings (SSSR count). The molecular weight excluding hydrogens is 241 g/mol. The van der Waals surface area contributed by atoms with E-state index in [1.807, 2.05) is 0 Å². The van der Waals surface area contributed by atoms with E-state index in [0.717, 1.165) is 6.07 Å². The predicted octanol–water partition coefficient (Wildman–Crippen LogP) is 4.18.